The first-order chi connectivity index (χ1) is 9.95. The molecule has 0 radical (unpaired) electrons. The van der Waals surface area contributed by atoms with Crippen molar-refractivity contribution in [2.45, 2.75) is 32.1 Å². The summed E-state index contributed by atoms with van der Waals surface area (Å²) in [5.41, 5.74) is 2.39. The topological polar surface area (TPSA) is 81.5 Å². The van der Waals surface area contributed by atoms with Crippen molar-refractivity contribution in [3.05, 3.63) is 33.9 Å². The van der Waals surface area contributed by atoms with Crippen LogP contribution in [-0.4, -0.2) is 23.2 Å². The van der Waals surface area contributed by atoms with Crippen molar-refractivity contribution >= 4 is 23.4 Å². The van der Waals surface area contributed by atoms with Crippen LogP contribution in [0.5, 0.6) is 0 Å². The standard InChI is InChI=1S/C14H20N2O4S/c1-4-20-15-14(17)11-5-6-13(12(9-11)16(18)19)21-8-7-10(2)3/h5-6,9-10H,4,7-8H2,1-3H3,(H,15,17). The molecule has 0 unspecified atom stereocenters. The van der Waals surface area contributed by atoms with Crippen LogP contribution >= 0.6 is 11.8 Å². The third-order valence-corrected chi connectivity index (χ3v) is 3.78. The number of amides is 1. The van der Waals surface area contributed by atoms with E-state index in [2.05, 4.69) is 19.3 Å². The number of benzene rings is 1. The molecular formula is C14H20N2O4S. The van der Waals surface area contributed by atoms with E-state index in [0.717, 1.165) is 12.2 Å². The Hall–Kier alpha value is -1.60. The first kappa shape index (κ1) is 17.5. The number of nitro benzene ring substituents is 1. The highest BCUT2D eigenvalue weighted by molar-refractivity contribution is 7.99. The van der Waals surface area contributed by atoms with Gasteiger partial charge in [-0.15, -0.1) is 11.8 Å². The maximum Gasteiger partial charge on any atom is 0.283 e. The lowest BCUT2D eigenvalue weighted by molar-refractivity contribution is -0.387. The molecule has 6 nitrogen and oxygen atoms in total. The van der Waals surface area contributed by atoms with Gasteiger partial charge in [0.2, 0.25) is 0 Å². The second kappa shape index (κ2) is 8.63. The Morgan fingerprint density at radius 1 is 1.48 bits per heavy atom. The van der Waals surface area contributed by atoms with Gasteiger partial charge in [0.25, 0.3) is 11.6 Å². The molecular weight excluding hydrogens is 292 g/mol. The number of carbonyl (C=O) groups is 1. The predicted molar refractivity (Wildman–Crippen MR) is 82.4 cm³/mol. The predicted octanol–water partition coefficient (Wildman–Crippen LogP) is 3.41. The van der Waals surface area contributed by atoms with Gasteiger partial charge in [-0.3, -0.25) is 19.7 Å². The number of nitrogens with one attached hydrogen (secondary N) is 1. The lowest BCUT2D eigenvalue weighted by Gasteiger charge is -2.07. The third kappa shape index (κ3) is 5.73. The van der Waals surface area contributed by atoms with Gasteiger partial charge in [-0.05, 0) is 37.1 Å². The van der Waals surface area contributed by atoms with E-state index in [1.54, 1.807) is 19.1 Å². The zero-order chi connectivity index (χ0) is 15.8. The summed E-state index contributed by atoms with van der Waals surface area (Å²) in [6, 6.07) is 4.47. The summed E-state index contributed by atoms with van der Waals surface area (Å²) in [7, 11) is 0. The molecule has 0 aromatic heterocycles. The van der Waals surface area contributed by atoms with Crippen LogP contribution in [0.3, 0.4) is 0 Å². The number of nitro groups is 1. The molecule has 0 aliphatic carbocycles. The third-order valence-electron chi connectivity index (χ3n) is 2.68. The van der Waals surface area contributed by atoms with E-state index >= 15 is 0 Å². The summed E-state index contributed by atoms with van der Waals surface area (Å²) >= 11 is 1.44. The number of carbonyl (C=O) groups excluding carboxylic acids is 1. The molecule has 7 heteroatoms. The van der Waals surface area contributed by atoms with E-state index in [1.807, 2.05) is 0 Å². The fraction of sp³-hybridized carbons (Fsp3) is 0.500. The first-order valence-corrected chi connectivity index (χ1v) is 7.77. The van der Waals surface area contributed by atoms with Gasteiger partial charge in [0.15, 0.2) is 0 Å². The van der Waals surface area contributed by atoms with Crippen molar-refractivity contribution in [1.29, 1.82) is 0 Å². The fourth-order valence-electron chi connectivity index (χ4n) is 1.52. The van der Waals surface area contributed by atoms with Crippen molar-refractivity contribution in [2.75, 3.05) is 12.4 Å². The van der Waals surface area contributed by atoms with Gasteiger partial charge in [0, 0.05) is 11.6 Å². The second-order valence-electron chi connectivity index (χ2n) is 4.83. The Morgan fingerprint density at radius 2 is 2.19 bits per heavy atom. The molecule has 0 aliphatic heterocycles. The highest BCUT2D eigenvalue weighted by Gasteiger charge is 2.18. The van der Waals surface area contributed by atoms with E-state index in [-0.39, 0.29) is 11.3 Å². The molecule has 1 aromatic rings. The van der Waals surface area contributed by atoms with Crippen molar-refractivity contribution in [3.63, 3.8) is 0 Å². The summed E-state index contributed by atoms with van der Waals surface area (Å²) in [4.78, 5) is 27.8. The molecule has 1 aromatic carbocycles. The van der Waals surface area contributed by atoms with E-state index in [1.165, 1.54) is 17.8 Å². The number of hydrogen-bond acceptors (Lipinski definition) is 5. The molecule has 0 bridgehead atoms. The second-order valence-corrected chi connectivity index (χ2v) is 5.97. The minimum atomic E-state index is -0.487. The smallest absolute Gasteiger partial charge is 0.274 e. The molecule has 1 N–H and O–H groups in total. The Labute approximate surface area is 128 Å². The van der Waals surface area contributed by atoms with E-state index in [9.17, 15) is 14.9 Å². The summed E-state index contributed by atoms with van der Waals surface area (Å²) in [6.07, 6.45) is 0.981. The van der Waals surface area contributed by atoms with Crippen LogP contribution in [0.4, 0.5) is 5.69 Å². The molecule has 0 heterocycles. The molecule has 21 heavy (non-hydrogen) atoms. The first-order valence-electron chi connectivity index (χ1n) is 6.79. The molecule has 1 rings (SSSR count). The normalized spacial score (nSPS) is 10.7. The maximum atomic E-state index is 11.7. The number of nitrogens with zero attached hydrogens (tertiary/aromatic N) is 1. The molecule has 0 saturated heterocycles. The van der Waals surface area contributed by atoms with Gasteiger partial charge in [-0.1, -0.05) is 13.8 Å². The number of thioether (sulfide) groups is 1. The van der Waals surface area contributed by atoms with E-state index in [0.29, 0.717) is 17.4 Å². The molecule has 0 spiro atoms. The number of hydroxylamine groups is 1. The zero-order valence-corrected chi connectivity index (χ0v) is 13.2. The van der Waals surface area contributed by atoms with Gasteiger partial charge in [-0.2, -0.15) is 0 Å². The van der Waals surface area contributed by atoms with E-state index < -0.39 is 10.8 Å². The molecule has 0 atom stereocenters. The van der Waals surface area contributed by atoms with Crippen LogP contribution in [0.2, 0.25) is 0 Å². The Kier molecular flexibility index (Phi) is 7.18. The van der Waals surface area contributed by atoms with Crippen LogP contribution in [0.15, 0.2) is 23.1 Å². The maximum absolute atomic E-state index is 11.7. The van der Waals surface area contributed by atoms with Crippen molar-refractivity contribution in [1.82, 2.24) is 5.48 Å². The Bertz CT molecular complexity index is 506. The van der Waals surface area contributed by atoms with Crippen molar-refractivity contribution in [2.24, 2.45) is 5.92 Å². The molecule has 1 amide bonds. The van der Waals surface area contributed by atoms with Gasteiger partial charge in [0.1, 0.15) is 0 Å². The van der Waals surface area contributed by atoms with Crippen LogP contribution in [-0.2, 0) is 4.84 Å². The molecule has 0 aliphatic rings. The number of rotatable bonds is 8. The Morgan fingerprint density at radius 3 is 2.76 bits per heavy atom. The monoisotopic (exact) mass is 312 g/mol. The van der Waals surface area contributed by atoms with Gasteiger partial charge in [0.05, 0.1) is 16.4 Å². The van der Waals surface area contributed by atoms with Crippen LogP contribution < -0.4 is 5.48 Å². The van der Waals surface area contributed by atoms with E-state index in [4.69, 9.17) is 4.84 Å². The zero-order valence-electron chi connectivity index (χ0n) is 12.4. The highest BCUT2D eigenvalue weighted by atomic mass is 32.2. The summed E-state index contributed by atoms with van der Waals surface area (Å²) < 4.78 is 0. The Balaban J connectivity index is 2.86. The summed E-state index contributed by atoms with van der Waals surface area (Å²) in [5.74, 6) is 0.870. The van der Waals surface area contributed by atoms with Crippen LogP contribution in [0.25, 0.3) is 0 Å². The number of hydrogen-bond donors (Lipinski definition) is 1. The average Bonchev–Trinajstić information content (AvgIpc) is 2.44. The minimum absolute atomic E-state index is 0.0482. The van der Waals surface area contributed by atoms with Gasteiger partial charge < -0.3 is 0 Å². The molecule has 116 valence electrons. The highest BCUT2D eigenvalue weighted by Crippen LogP contribution is 2.31. The van der Waals surface area contributed by atoms with Crippen LogP contribution in [0.1, 0.15) is 37.6 Å². The van der Waals surface area contributed by atoms with Crippen molar-refractivity contribution < 1.29 is 14.6 Å². The van der Waals surface area contributed by atoms with Gasteiger partial charge >= 0.3 is 0 Å². The molecule has 0 saturated carbocycles. The minimum Gasteiger partial charge on any atom is -0.274 e. The largest absolute Gasteiger partial charge is 0.283 e. The van der Waals surface area contributed by atoms with Crippen molar-refractivity contribution in [3.8, 4) is 0 Å². The fourth-order valence-corrected chi connectivity index (χ4v) is 2.78. The molecule has 0 fully saturated rings. The van der Waals surface area contributed by atoms with Crippen LogP contribution in [0, 0.1) is 16.0 Å². The van der Waals surface area contributed by atoms with Gasteiger partial charge in [-0.25, -0.2) is 5.48 Å². The lowest BCUT2D eigenvalue weighted by Crippen LogP contribution is -2.23. The average molecular weight is 312 g/mol. The lowest BCUT2D eigenvalue weighted by atomic mass is 10.2. The summed E-state index contributed by atoms with van der Waals surface area (Å²) in [6.45, 7) is 6.28. The SMILES string of the molecule is CCONC(=O)c1ccc(SCCC(C)C)c([N+](=O)[O-])c1. The quantitative estimate of drug-likeness (QED) is 0.452. The summed E-state index contributed by atoms with van der Waals surface area (Å²) in [5, 5.41) is 11.1.